The SMILES string of the molecule is C=CCC1(c2ccccc2)C(=O)Nc2ccccc21. The van der Waals surface area contributed by atoms with Gasteiger partial charge in [-0.1, -0.05) is 54.6 Å². The van der Waals surface area contributed by atoms with Gasteiger partial charge in [-0.2, -0.15) is 0 Å². The van der Waals surface area contributed by atoms with Crippen LogP contribution in [0.5, 0.6) is 0 Å². The summed E-state index contributed by atoms with van der Waals surface area (Å²) >= 11 is 0. The Morgan fingerprint density at radius 1 is 1.05 bits per heavy atom. The molecule has 1 unspecified atom stereocenters. The van der Waals surface area contributed by atoms with Crippen LogP contribution in [-0.2, 0) is 10.2 Å². The Morgan fingerprint density at radius 3 is 2.47 bits per heavy atom. The maximum Gasteiger partial charge on any atom is 0.239 e. The molecule has 0 saturated carbocycles. The van der Waals surface area contributed by atoms with E-state index in [4.69, 9.17) is 0 Å². The Labute approximate surface area is 112 Å². The van der Waals surface area contributed by atoms with Crippen molar-refractivity contribution in [2.75, 3.05) is 5.32 Å². The monoisotopic (exact) mass is 249 g/mol. The molecule has 0 aromatic heterocycles. The number of nitrogens with one attached hydrogen (secondary N) is 1. The summed E-state index contributed by atoms with van der Waals surface area (Å²) in [5.74, 6) is 0.0276. The minimum atomic E-state index is -0.639. The quantitative estimate of drug-likeness (QED) is 0.829. The highest BCUT2D eigenvalue weighted by Crippen LogP contribution is 2.45. The number of para-hydroxylation sites is 1. The first-order valence-electron chi connectivity index (χ1n) is 6.36. The zero-order chi connectivity index (χ0) is 13.3. The van der Waals surface area contributed by atoms with Crippen LogP contribution in [0.1, 0.15) is 17.5 Å². The molecule has 0 bridgehead atoms. The molecule has 1 aliphatic rings. The van der Waals surface area contributed by atoms with Gasteiger partial charge in [0.25, 0.3) is 0 Å². The summed E-state index contributed by atoms with van der Waals surface area (Å²) in [7, 11) is 0. The van der Waals surface area contributed by atoms with E-state index >= 15 is 0 Å². The number of hydrogen-bond acceptors (Lipinski definition) is 1. The van der Waals surface area contributed by atoms with E-state index in [2.05, 4.69) is 11.9 Å². The van der Waals surface area contributed by atoms with Gasteiger partial charge in [0, 0.05) is 5.69 Å². The number of carbonyl (C=O) groups excluding carboxylic acids is 1. The number of rotatable bonds is 3. The predicted octanol–water partition coefficient (Wildman–Crippen LogP) is 3.50. The first-order chi connectivity index (χ1) is 9.29. The lowest BCUT2D eigenvalue weighted by Gasteiger charge is -2.26. The molecule has 94 valence electrons. The maximum absolute atomic E-state index is 12.6. The van der Waals surface area contributed by atoms with Crippen LogP contribution in [0.4, 0.5) is 5.69 Å². The van der Waals surface area contributed by atoms with Gasteiger partial charge in [0.05, 0.1) is 0 Å². The summed E-state index contributed by atoms with van der Waals surface area (Å²) in [6, 6.07) is 17.8. The number of allylic oxidation sites excluding steroid dienone is 1. The lowest BCUT2D eigenvalue weighted by Crippen LogP contribution is -2.35. The summed E-state index contributed by atoms with van der Waals surface area (Å²) in [5.41, 5.74) is 2.31. The molecule has 1 aliphatic heterocycles. The van der Waals surface area contributed by atoms with Crippen LogP contribution >= 0.6 is 0 Å². The van der Waals surface area contributed by atoms with Crippen molar-refractivity contribution in [2.45, 2.75) is 11.8 Å². The highest BCUT2D eigenvalue weighted by molar-refractivity contribution is 6.08. The Bertz CT molecular complexity index is 633. The molecule has 0 radical (unpaired) electrons. The Balaban J connectivity index is 2.27. The minimum Gasteiger partial charge on any atom is -0.325 e. The van der Waals surface area contributed by atoms with Crippen LogP contribution < -0.4 is 5.32 Å². The largest absolute Gasteiger partial charge is 0.325 e. The first kappa shape index (κ1) is 11.7. The van der Waals surface area contributed by atoms with Crippen molar-refractivity contribution in [1.29, 1.82) is 0 Å². The lowest BCUT2D eigenvalue weighted by molar-refractivity contribution is -0.119. The van der Waals surface area contributed by atoms with E-state index < -0.39 is 5.41 Å². The molecule has 1 N–H and O–H groups in total. The standard InChI is InChI=1S/C17H15NO/c1-2-12-17(13-8-4-3-5-9-13)14-10-6-7-11-15(14)18-16(17)19/h2-11H,1,12H2,(H,18,19). The van der Waals surface area contributed by atoms with Crippen molar-refractivity contribution >= 4 is 11.6 Å². The third kappa shape index (κ3) is 1.60. The summed E-state index contributed by atoms with van der Waals surface area (Å²) in [5, 5.41) is 2.98. The van der Waals surface area contributed by atoms with Gasteiger partial charge < -0.3 is 5.32 Å². The minimum absolute atomic E-state index is 0.0276. The molecule has 0 fully saturated rings. The number of benzene rings is 2. The maximum atomic E-state index is 12.6. The van der Waals surface area contributed by atoms with Gasteiger partial charge in [-0.3, -0.25) is 4.79 Å². The normalized spacial score (nSPS) is 20.7. The third-order valence-corrected chi connectivity index (χ3v) is 3.74. The molecule has 1 amide bonds. The summed E-state index contributed by atoms with van der Waals surface area (Å²) in [4.78, 5) is 12.6. The van der Waals surface area contributed by atoms with Crippen LogP contribution in [0.2, 0.25) is 0 Å². The molecule has 2 aromatic rings. The molecule has 0 saturated heterocycles. The summed E-state index contributed by atoms with van der Waals surface area (Å²) in [6.45, 7) is 3.82. The third-order valence-electron chi connectivity index (χ3n) is 3.74. The van der Waals surface area contributed by atoms with Gasteiger partial charge in [-0.05, 0) is 23.6 Å². The van der Waals surface area contributed by atoms with Crippen molar-refractivity contribution in [2.24, 2.45) is 0 Å². The molecular formula is C17H15NO. The highest BCUT2D eigenvalue weighted by atomic mass is 16.2. The van der Waals surface area contributed by atoms with Crippen molar-refractivity contribution in [1.82, 2.24) is 0 Å². The van der Waals surface area contributed by atoms with Crippen LogP contribution in [0.3, 0.4) is 0 Å². The van der Waals surface area contributed by atoms with Gasteiger partial charge in [0.1, 0.15) is 5.41 Å². The molecule has 0 spiro atoms. The van der Waals surface area contributed by atoms with Crippen molar-refractivity contribution in [3.8, 4) is 0 Å². The molecule has 2 heteroatoms. The molecule has 1 atom stereocenters. The van der Waals surface area contributed by atoms with Gasteiger partial charge >= 0.3 is 0 Å². The fourth-order valence-electron chi connectivity index (χ4n) is 2.86. The Kier molecular flexibility index (Phi) is 2.71. The molecule has 19 heavy (non-hydrogen) atoms. The summed E-state index contributed by atoms with van der Waals surface area (Å²) in [6.07, 6.45) is 2.41. The van der Waals surface area contributed by atoms with Crippen molar-refractivity contribution < 1.29 is 4.79 Å². The fraction of sp³-hybridized carbons (Fsp3) is 0.118. The van der Waals surface area contributed by atoms with E-state index in [1.54, 1.807) is 0 Å². The number of fused-ring (bicyclic) bond motifs is 1. The lowest BCUT2D eigenvalue weighted by atomic mass is 9.73. The average molecular weight is 249 g/mol. The molecule has 2 nitrogen and oxygen atoms in total. The number of amides is 1. The van der Waals surface area contributed by atoms with Gasteiger partial charge in [-0.15, -0.1) is 6.58 Å². The second-order valence-electron chi connectivity index (χ2n) is 4.76. The first-order valence-corrected chi connectivity index (χ1v) is 6.36. The molecule has 2 aromatic carbocycles. The van der Waals surface area contributed by atoms with Crippen molar-refractivity contribution in [3.05, 3.63) is 78.4 Å². The smallest absolute Gasteiger partial charge is 0.239 e. The number of hydrogen-bond donors (Lipinski definition) is 1. The number of carbonyl (C=O) groups is 1. The van der Waals surface area contributed by atoms with Crippen molar-refractivity contribution in [3.63, 3.8) is 0 Å². The number of anilines is 1. The topological polar surface area (TPSA) is 29.1 Å². The second kappa shape index (κ2) is 4.39. The molecule has 0 aliphatic carbocycles. The molecule has 1 heterocycles. The highest BCUT2D eigenvalue weighted by Gasteiger charge is 2.46. The van der Waals surface area contributed by atoms with E-state index in [9.17, 15) is 4.79 Å². The van der Waals surface area contributed by atoms with E-state index in [1.165, 1.54) is 0 Å². The average Bonchev–Trinajstić information content (AvgIpc) is 2.74. The molecule has 3 rings (SSSR count). The van der Waals surface area contributed by atoms with E-state index in [-0.39, 0.29) is 5.91 Å². The van der Waals surface area contributed by atoms with Crippen LogP contribution in [0.25, 0.3) is 0 Å². The molecular weight excluding hydrogens is 234 g/mol. The zero-order valence-corrected chi connectivity index (χ0v) is 10.6. The van der Waals surface area contributed by atoms with Crippen LogP contribution in [-0.4, -0.2) is 5.91 Å². The second-order valence-corrected chi connectivity index (χ2v) is 4.76. The van der Waals surface area contributed by atoms with E-state index in [0.29, 0.717) is 6.42 Å². The zero-order valence-electron chi connectivity index (χ0n) is 10.6. The van der Waals surface area contributed by atoms with Crippen LogP contribution in [0.15, 0.2) is 67.3 Å². The fourth-order valence-corrected chi connectivity index (χ4v) is 2.86. The van der Waals surface area contributed by atoms with E-state index in [0.717, 1.165) is 16.8 Å². The van der Waals surface area contributed by atoms with Gasteiger partial charge in [-0.25, -0.2) is 0 Å². The Hall–Kier alpha value is -2.35. The van der Waals surface area contributed by atoms with Gasteiger partial charge in [0.15, 0.2) is 0 Å². The van der Waals surface area contributed by atoms with E-state index in [1.807, 2.05) is 60.7 Å². The predicted molar refractivity (Wildman–Crippen MR) is 77.1 cm³/mol. The van der Waals surface area contributed by atoms with Gasteiger partial charge in [0.2, 0.25) is 5.91 Å². The van der Waals surface area contributed by atoms with Crippen LogP contribution in [0, 0.1) is 0 Å². The Morgan fingerprint density at radius 2 is 1.74 bits per heavy atom. The summed E-state index contributed by atoms with van der Waals surface area (Å²) < 4.78 is 0.